The van der Waals surface area contributed by atoms with Crippen LogP contribution in [0.1, 0.15) is 37.3 Å². The Labute approximate surface area is 252 Å². The summed E-state index contributed by atoms with van der Waals surface area (Å²) in [6, 6.07) is 19.4. The Morgan fingerprint density at radius 2 is 1.65 bits per heavy atom. The Hall–Kier alpha value is -4.12. The number of rotatable bonds is 14. The molecule has 0 bridgehead atoms. The fourth-order valence-electron chi connectivity index (χ4n) is 4.90. The number of amides is 2. The smallest absolute Gasteiger partial charge is 0.243 e. The van der Waals surface area contributed by atoms with Gasteiger partial charge in [-0.2, -0.15) is 0 Å². The number of sulfonamides is 1. The van der Waals surface area contributed by atoms with Crippen LogP contribution in [0.2, 0.25) is 0 Å². The summed E-state index contributed by atoms with van der Waals surface area (Å²) in [5, 5.41) is 2.92. The lowest BCUT2D eigenvalue weighted by Crippen LogP contribution is -2.50. The minimum absolute atomic E-state index is 0.00981. The molecule has 230 valence electrons. The highest BCUT2D eigenvalue weighted by atomic mass is 32.2. The van der Waals surface area contributed by atoms with Gasteiger partial charge in [0.15, 0.2) is 11.5 Å². The topological polar surface area (TPSA) is 105 Å². The molecule has 1 atom stereocenters. The van der Waals surface area contributed by atoms with Crippen LogP contribution >= 0.6 is 0 Å². The predicted octanol–water partition coefficient (Wildman–Crippen LogP) is 4.31. The summed E-state index contributed by atoms with van der Waals surface area (Å²) < 4.78 is 51.6. The molecule has 0 spiro atoms. The van der Waals surface area contributed by atoms with Crippen molar-refractivity contribution in [2.45, 2.75) is 45.2 Å². The summed E-state index contributed by atoms with van der Waals surface area (Å²) >= 11 is 0. The highest BCUT2D eigenvalue weighted by Crippen LogP contribution is 2.34. The molecule has 43 heavy (non-hydrogen) atoms. The van der Waals surface area contributed by atoms with Gasteiger partial charge < -0.3 is 19.7 Å². The fourth-order valence-corrected chi connectivity index (χ4v) is 5.85. The van der Waals surface area contributed by atoms with Crippen LogP contribution in [0.3, 0.4) is 0 Å². The molecule has 1 aliphatic heterocycles. The third-order valence-electron chi connectivity index (χ3n) is 7.05. The van der Waals surface area contributed by atoms with E-state index in [1.54, 1.807) is 30.3 Å². The zero-order valence-electron chi connectivity index (χ0n) is 24.5. The molecule has 2 amide bonds. The molecule has 9 nitrogen and oxygen atoms in total. The lowest BCUT2D eigenvalue weighted by Gasteiger charge is -2.32. The molecule has 1 N–H and O–H groups in total. The number of carbonyl (C=O) groups is 2. The molecular formula is C32H38FN3O6S. The first-order chi connectivity index (χ1) is 20.7. The average Bonchev–Trinajstić information content (AvgIpc) is 3.00. The van der Waals surface area contributed by atoms with Crippen molar-refractivity contribution in [3.63, 3.8) is 0 Å². The van der Waals surface area contributed by atoms with Crippen LogP contribution in [0.15, 0.2) is 72.8 Å². The van der Waals surface area contributed by atoms with Crippen molar-refractivity contribution >= 4 is 27.5 Å². The van der Waals surface area contributed by atoms with Crippen molar-refractivity contribution < 1.29 is 31.9 Å². The van der Waals surface area contributed by atoms with E-state index in [1.165, 1.54) is 21.3 Å². The number of nitrogens with one attached hydrogen (secondary N) is 1. The number of ether oxygens (including phenoxy) is 2. The van der Waals surface area contributed by atoms with Crippen LogP contribution in [-0.2, 0) is 32.6 Å². The van der Waals surface area contributed by atoms with E-state index in [1.807, 2.05) is 37.3 Å². The molecule has 0 fully saturated rings. The van der Waals surface area contributed by atoms with Crippen LogP contribution in [0.25, 0.3) is 0 Å². The number of benzene rings is 3. The minimum atomic E-state index is -3.68. The first-order valence-electron chi connectivity index (χ1n) is 14.4. The van der Waals surface area contributed by atoms with Crippen molar-refractivity contribution in [2.75, 3.05) is 36.9 Å². The van der Waals surface area contributed by atoms with Crippen molar-refractivity contribution in [3.05, 3.63) is 89.7 Å². The molecule has 1 aliphatic rings. The Kier molecular flexibility index (Phi) is 11.0. The van der Waals surface area contributed by atoms with Gasteiger partial charge >= 0.3 is 0 Å². The van der Waals surface area contributed by atoms with Crippen molar-refractivity contribution in [1.82, 2.24) is 10.2 Å². The summed E-state index contributed by atoms with van der Waals surface area (Å²) in [5.41, 5.74) is 1.96. The Bertz CT molecular complexity index is 1480. The van der Waals surface area contributed by atoms with Gasteiger partial charge in [0.25, 0.3) is 0 Å². The van der Waals surface area contributed by atoms with E-state index in [4.69, 9.17) is 9.47 Å². The quantitative estimate of drug-likeness (QED) is 0.291. The van der Waals surface area contributed by atoms with Gasteiger partial charge in [0.2, 0.25) is 21.8 Å². The molecule has 4 rings (SSSR count). The van der Waals surface area contributed by atoms with Crippen molar-refractivity contribution in [2.24, 2.45) is 0 Å². The molecule has 0 saturated carbocycles. The molecule has 0 radical (unpaired) electrons. The van der Waals surface area contributed by atoms with Crippen molar-refractivity contribution in [1.29, 1.82) is 0 Å². The van der Waals surface area contributed by atoms with Crippen LogP contribution in [0.5, 0.6) is 11.5 Å². The molecule has 11 heteroatoms. The summed E-state index contributed by atoms with van der Waals surface area (Å²) in [6.07, 6.45) is 2.33. The molecule has 0 unspecified atom stereocenters. The number of hydrogen-bond donors (Lipinski definition) is 1. The number of anilines is 1. The Morgan fingerprint density at radius 3 is 2.33 bits per heavy atom. The number of carbonyl (C=O) groups excluding carboxylic acids is 2. The standard InChI is InChI=1S/C32H38FN3O6S/c1-3-17-34-32(38)28(21-24-8-5-4-6-9-24)35(23-25-11-13-26(33)14-12-25)31(37)10-7-18-36(43(2,39)40)27-15-16-29-30(22-27)42-20-19-41-29/h4-6,8-9,11-16,22,28H,3,7,10,17-21,23H2,1-2H3,(H,34,38)/t28-/m1/s1. The first-order valence-corrected chi connectivity index (χ1v) is 16.2. The van der Waals surface area contributed by atoms with Crippen LogP contribution in [-0.4, -0.2) is 63.7 Å². The molecule has 0 aliphatic carbocycles. The lowest BCUT2D eigenvalue weighted by molar-refractivity contribution is -0.141. The first kappa shape index (κ1) is 31.8. The number of halogens is 1. The number of nitrogens with zero attached hydrogens (tertiary/aromatic N) is 2. The van der Waals surface area contributed by atoms with Gasteiger partial charge in [0.1, 0.15) is 25.1 Å². The van der Waals surface area contributed by atoms with Crippen LogP contribution in [0, 0.1) is 5.82 Å². The Morgan fingerprint density at radius 1 is 0.953 bits per heavy atom. The van der Waals surface area contributed by atoms with E-state index in [9.17, 15) is 22.4 Å². The second kappa shape index (κ2) is 14.9. The van der Waals surface area contributed by atoms with Crippen molar-refractivity contribution in [3.8, 4) is 11.5 Å². The predicted molar refractivity (Wildman–Crippen MR) is 163 cm³/mol. The summed E-state index contributed by atoms with van der Waals surface area (Å²) in [5.74, 6) is 0.00700. The molecule has 0 saturated heterocycles. The highest BCUT2D eigenvalue weighted by molar-refractivity contribution is 7.92. The average molecular weight is 612 g/mol. The molecule has 3 aromatic carbocycles. The van der Waals surface area contributed by atoms with Gasteiger partial charge in [-0.25, -0.2) is 12.8 Å². The maximum Gasteiger partial charge on any atom is 0.243 e. The van der Waals surface area contributed by atoms with Gasteiger partial charge in [-0.05, 0) is 48.2 Å². The molecule has 3 aromatic rings. The fraction of sp³-hybridized carbons (Fsp3) is 0.375. The van der Waals surface area contributed by atoms with E-state index in [-0.39, 0.29) is 44.2 Å². The van der Waals surface area contributed by atoms with E-state index in [0.717, 1.165) is 18.2 Å². The van der Waals surface area contributed by atoms with E-state index in [2.05, 4.69) is 5.32 Å². The molecule has 0 aromatic heterocycles. The zero-order chi connectivity index (χ0) is 30.8. The van der Waals surface area contributed by atoms with Crippen LogP contribution in [0.4, 0.5) is 10.1 Å². The highest BCUT2D eigenvalue weighted by Gasteiger charge is 2.30. The lowest BCUT2D eigenvalue weighted by atomic mass is 10.0. The van der Waals surface area contributed by atoms with Crippen LogP contribution < -0.4 is 19.1 Å². The van der Waals surface area contributed by atoms with E-state index in [0.29, 0.717) is 42.5 Å². The van der Waals surface area contributed by atoms with Gasteiger partial charge in [-0.3, -0.25) is 13.9 Å². The van der Waals surface area contributed by atoms with Gasteiger partial charge in [0, 0.05) is 38.5 Å². The summed E-state index contributed by atoms with van der Waals surface area (Å²) in [7, 11) is -3.68. The maximum atomic E-state index is 13.9. The van der Waals surface area contributed by atoms with Gasteiger partial charge in [-0.1, -0.05) is 49.4 Å². The summed E-state index contributed by atoms with van der Waals surface area (Å²) in [4.78, 5) is 28.8. The Balaban J connectivity index is 1.56. The van der Waals surface area contributed by atoms with Gasteiger partial charge in [-0.15, -0.1) is 0 Å². The number of hydrogen-bond acceptors (Lipinski definition) is 6. The second-order valence-electron chi connectivity index (χ2n) is 10.4. The summed E-state index contributed by atoms with van der Waals surface area (Å²) in [6.45, 7) is 3.32. The third-order valence-corrected chi connectivity index (χ3v) is 8.25. The minimum Gasteiger partial charge on any atom is -0.486 e. The normalized spacial score (nSPS) is 13.2. The third kappa shape index (κ3) is 8.93. The zero-order valence-corrected chi connectivity index (χ0v) is 25.3. The largest absolute Gasteiger partial charge is 0.486 e. The number of fused-ring (bicyclic) bond motifs is 1. The monoisotopic (exact) mass is 611 g/mol. The molecule has 1 heterocycles. The SMILES string of the molecule is CCCNC(=O)[C@@H](Cc1ccccc1)N(Cc1ccc(F)cc1)C(=O)CCCN(c1ccc2c(c1)OCCO2)S(C)(=O)=O. The van der Waals surface area contributed by atoms with E-state index < -0.39 is 21.9 Å². The molecular weight excluding hydrogens is 573 g/mol. The second-order valence-corrected chi connectivity index (χ2v) is 12.3. The van der Waals surface area contributed by atoms with E-state index >= 15 is 0 Å². The maximum absolute atomic E-state index is 13.9. The van der Waals surface area contributed by atoms with Gasteiger partial charge in [0.05, 0.1) is 11.9 Å².